The molecule has 0 heterocycles. The van der Waals surface area contributed by atoms with Crippen LogP contribution in [0.5, 0.6) is 0 Å². The predicted octanol–water partition coefficient (Wildman–Crippen LogP) is 6.18. The van der Waals surface area contributed by atoms with E-state index >= 15 is 0 Å². The first-order valence-corrected chi connectivity index (χ1v) is 9.31. The van der Waals surface area contributed by atoms with E-state index in [0.717, 1.165) is 55.2 Å². The van der Waals surface area contributed by atoms with Gasteiger partial charge in [0, 0.05) is 0 Å². The van der Waals surface area contributed by atoms with Crippen molar-refractivity contribution in [2.75, 3.05) is 0 Å². The fourth-order valence-electron chi connectivity index (χ4n) is 3.77. The van der Waals surface area contributed by atoms with Crippen molar-refractivity contribution in [1.82, 2.24) is 0 Å². The lowest BCUT2D eigenvalue weighted by Gasteiger charge is -2.25. The molecule has 0 radical (unpaired) electrons. The van der Waals surface area contributed by atoms with Crippen LogP contribution in [0.2, 0.25) is 0 Å². The number of halogens is 3. The summed E-state index contributed by atoms with van der Waals surface area (Å²) in [5, 5.41) is 0. The molecule has 1 unspecified atom stereocenters. The Bertz CT molecular complexity index is 736. The average molecular weight is 346 g/mol. The fraction of sp³-hybridized carbons (Fsp3) is 0.455. The molecule has 0 N–H and O–H groups in total. The van der Waals surface area contributed by atoms with E-state index in [-0.39, 0.29) is 11.7 Å². The van der Waals surface area contributed by atoms with Crippen molar-refractivity contribution in [3.63, 3.8) is 0 Å². The summed E-state index contributed by atoms with van der Waals surface area (Å²) in [5.74, 6) is -1.33. The highest BCUT2D eigenvalue weighted by Crippen LogP contribution is 2.31. The number of unbranched alkanes of at least 4 members (excludes halogenated alkanes) is 1. The molecule has 25 heavy (non-hydrogen) atoms. The van der Waals surface area contributed by atoms with Crippen molar-refractivity contribution < 1.29 is 13.2 Å². The Labute approximate surface area is 148 Å². The maximum Gasteiger partial charge on any atom is 0.162 e. The molecule has 3 rings (SSSR count). The van der Waals surface area contributed by atoms with Crippen molar-refractivity contribution in [1.29, 1.82) is 0 Å². The van der Waals surface area contributed by atoms with Gasteiger partial charge in [-0.3, -0.25) is 0 Å². The van der Waals surface area contributed by atoms with E-state index in [1.165, 1.54) is 6.07 Å². The first-order valence-electron chi connectivity index (χ1n) is 9.31. The van der Waals surface area contributed by atoms with Gasteiger partial charge in [0.2, 0.25) is 0 Å². The topological polar surface area (TPSA) is 0 Å². The number of hydrogen-bond donors (Lipinski definition) is 0. The maximum absolute atomic E-state index is 14.3. The highest BCUT2D eigenvalue weighted by Gasteiger charge is 2.23. The molecule has 2 aromatic carbocycles. The van der Waals surface area contributed by atoms with Crippen LogP contribution in [0.3, 0.4) is 0 Å². The smallest absolute Gasteiger partial charge is 0.162 e. The molecule has 3 heteroatoms. The third-order valence-corrected chi connectivity index (χ3v) is 5.37. The minimum atomic E-state index is -0.770. The second-order valence-corrected chi connectivity index (χ2v) is 7.18. The van der Waals surface area contributed by atoms with Crippen molar-refractivity contribution in [3.8, 4) is 0 Å². The van der Waals surface area contributed by atoms with Gasteiger partial charge in [0.25, 0.3) is 0 Å². The largest absolute Gasteiger partial charge is 0.207 e. The van der Waals surface area contributed by atoms with Gasteiger partial charge in [-0.25, -0.2) is 13.2 Å². The van der Waals surface area contributed by atoms with Gasteiger partial charge in [0.15, 0.2) is 11.6 Å². The summed E-state index contributed by atoms with van der Waals surface area (Å²) in [6.07, 6.45) is 6.82. The minimum Gasteiger partial charge on any atom is -0.207 e. The van der Waals surface area contributed by atoms with Crippen LogP contribution in [0, 0.1) is 23.4 Å². The third kappa shape index (κ3) is 4.26. The van der Waals surface area contributed by atoms with E-state index in [0.29, 0.717) is 18.4 Å². The van der Waals surface area contributed by atoms with Crippen LogP contribution in [-0.4, -0.2) is 0 Å². The zero-order chi connectivity index (χ0) is 17.8. The van der Waals surface area contributed by atoms with Gasteiger partial charge in [0.1, 0.15) is 5.82 Å². The summed E-state index contributed by atoms with van der Waals surface area (Å²) in [5.41, 5.74) is 3.21. The Kier molecular flexibility index (Phi) is 5.82. The Morgan fingerprint density at radius 1 is 1.00 bits per heavy atom. The first-order chi connectivity index (χ1) is 12.1. The second kappa shape index (κ2) is 8.07. The van der Waals surface area contributed by atoms with E-state index in [2.05, 4.69) is 6.92 Å². The van der Waals surface area contributed by atoms with Crippen molar-refractivity contribution >= 4 is 0 Å². The van der Waals surface area contributed by atoms with E-state index < -0.39 is 11.6 Å². The summed E-state index contributed by atoms with van der Waals surface area (Å²) < 4.78 is 41.7. The lowest BCUT2D eigenvalue weighted by molar-refractivity contribution is 0.403. The van der Waals surface area contributed by atoms with Crippen molar-refractivity contribution in [2.45, 2.75) is 58.3 Å². The van der Waals surface area contributed by atoms with E-state index in [4.69, 9.17) is 0 Å². The molecule has 0 amide bonds. The Hall–Kier alpha value is -1.77. The molecule has 1 aliphatic rings. The maximum atomic E-state index is 14.3. The summed E-state index contributed by atoms with van der Waals surface area (Å²) in [6, 6.07) is 8.45. The molecule has 0 aliphatic heterocycles. The van der Waals surface area contributed by atoms with Gasteiger partial charge in [-0.1, -0.05) is 31.5 Å². The molecule has 1 atom stereocenters. The van der Waals surface area contributed by atoms with E-state index in [1.807, 2.05) is 12.1 Å². The highest BCUT2D eigenvalue weighted by atomic mass is 19.2. The number of aryl methyl sites for hydroxylation is 3. The molecule has 134 valence electrons. The van der Waals surface area contributed by atoms with E-state index in [1.54, 1.807) is 12.1 Å². The third-order valence-electron chi connectivity index (χ3n) is 5.37. The summed E-state index contributed by atoms with van der Waals surface area (Å²) in [7, 11) is 0. The lowest BCUT2D eigenvalue weighted by atomic mass is 9.80. The zero-order valence-corrected chi connectivity index (χ0v) is 14.8. The Morgan fingerprint density at radius 3 is 2.60 bits per heavy atom. The highest BCUT2D eigenvalue weighted by molar-refractivity contribution is 5.32. The molecule has 0 nitrogen and oxygen atoms in total. The van der Waals surface area contributed by atoms with Crippen LogP contribution < -0.4 is 0 Å². The van der Waals surface area contributed by atoms with Gasteiger partial charge < -0.3 is 0 Å². The standard InChI is InChI=1S/C22H25F3/c1-2-3-4-15-6-9-18(21(24)14-15)10-7-16-5-8-17-11-12-20(23)22(25)19(17)13-16/h6,9,11-12,14,16H,2-5,7-8,10,13H2,1H3. The first kappa shape index (κ1) is 18.0. The number of fused-ring (bicyclic) bond motifs is 1. The Balaban J connectivity index is 1.62. The van der Waals surface area contributed by atoms with Gasteiger partial charge in [-0.05, 0) is 85.3 Å². The van der Waals surface area contributed by atoms with Crippen LogP contribution in [-0.2, 0) is 25.7 Å². The van der Waals surface area contributed by atoms with Gasteiger partial charge in [-0.15, -0.1) is 0 Å². The molecule has 0 spiro atoms. The zero-order valence-electron chi connectivity index (χ0n) is 14.8. The van der Waals surface area contributed by atoms with E-state index in [9.17, 15) is 13.2 Å². The normalized spacial score (nSPS) is 16.7. The molecular weight excluding hydrogens is 321 g/mol. The number of benzene rings is 2. The van der Waals surface area contributed by atoms with Crippen LogP contribution >= 0.6 is 0 Å². The molecule has 0 saturated heterocycles. The monoisotopic (exact) mass is 346 g/mol. The average Bonchev–Trinajstić information content (AvgIpc) is 2.62. The summed E-state index contributed by atoms with van der Waals surface area (Å²) in [6.45, 7) is 2.13. The van der Waals surface area contributed by atoms with Gasteiger partial charge in [-0.2, -0.15) is 0 Å². The van der Waals surface area contributed by atoms with Crippen molar-refractivity contribution in [3.05, 3.63) is 70.0 Å². The quantitative estimate of drug-likeness (QED) is 0.585. The molecule has 2 aromatic rings. The molecule has 0 bridgehead atoms. The second-order valence-electron chi connectivity index (χ2n) is 7.18. The molecule has 0 saturated carbocycles. The molecular formula is C22H25F3. The van der Waals surface area contributed by atoms with Crippen LogP contribution in [0.25, 0.3) is 0 Å². The van der Waals surface area contributed by atoms with Crippen LogP contribution in [0.4, 0.5) is 13.2 Å². The minimum absolute atomic E-state index is 0.137. The SMILES string of the molecule is CCCCc1ccc(CCC2CCc3ccc(F)c(F)c3C2)c(F)c1. The van der Waals surface area contributed by atoms with Gasteiger partial charge >= 0.3 is 0 Å². The molecule has 0 fully saturated rings. The van der Waals surface area contributed by atoms with Crippen molar-refractivity contribution in [2.24, 2.45) is 5.92 Å². The Morgan fingerprint density at radius 2 is 1.84 bits per heavy atom. The number of rotatable bonds is 6. The predicted molar refractivity (Wildman–Crippen MR) is 95.2 cm³/mol. The summed E-state index contributed by atoms with van der Waals surface area (Å²) in [4.78, 5) is 0. The number of hydrogen-bond acceptors (Lipinski definition) is 0. The molecule has 1 aliphatic carbocycles. The van der Waals surface area contributed by atoms with Crippen LogP contribution in [0.1, 0.15) is 54.9 Å². The molecule has 0 aromatic heterocycles. The lowest BCUT2D eigenvalue weighted by Crippen LogP contribution is -2.17. The van der Waals surface area contributed by atoms with Gasteiger partial charge in [0.05, 0.1) is 0 Å². The summed E-state index contributed by atoms with van der Waals surface area (Å²) >= 11 is 0. The van der Waals surface area contributed by atoms with Crippen LogP contribution in [0.15, 0.2) is 30.3 Å². The fourth-order valence-corrected chi connectivity index (χ4v) is 3.77.